The van der Waals surface area contributed by atoms with Crippen LogP contribution in [0.15, 0.2) is 53.3 Å². The zero-order valence-electron chi connectivity index (χ0n) is 15.5. The standard InChI is InChI=1S/C22H20ClN3O2/c1-14-6-2-3-7-15(14)12-20-24-19-10-11-26(13-17(19)21(27)25-20)22(28)16-8-4-5-9-18(16)23/h2-9H,10-13H2,1H3,(H,24,25,27). The number of hydrogen-bond donors (Lipinski definition) is 1. The maximum Gasteiger partial charge on any atom is 0.256 e. The maximum absolute atomic E-state index is 12.8. The Morgan fingerprint density at radius 2 is 1.93 bits per heavy atom. The molecule has 3 aromatic rings. The number of benzene rings is 2. The lowest BCUT2D eigenvalue weighted by Crippen LogP contribution is -2.40. The number of H-pyrrole nitrogens is 1. The van der Waals surface area contributed by atoms with Gasteiger partial charge in [0.2, 0.25) is 0 Å². The van der Waals surface area contributed by atoms with Gasteiger partial charge in [0.15, 0.2) is 0 Å². The summed E-state index contributed by atoms with van der Waals surface area (Å²) in [6, 6.07) is 15.0. The minimum absolute atomic E-state index is 0.167. The molecule has 142 valence electrons. The number of fused-ring (bicyclic) bond motifs is 1. The Morgan fingerprint density at radius 1 is 1.18 bits per heavy atom. The van der Waals surface area contributed by atoms with Crippen molar-refractivity contribution >= 4 is 17.5 Å². The molecule has 1 aliphatic heterocycles. The van der Waals surface area contributed by atoms with E-state index in [1.165, 1.54) is 5.56 Å². The van der Waals surface area contributed by atoms with E-state index in [2.05, 4.69) is 9.97 Å². The van der Waals surface area contributed by atoms with E-state index in [0.29, 0.717) is 41.4 Å². The lowest BCUT2D eigenvalue weighted by Gasteiger charge is -2.28. The molecule has 6 heteroatoms. The number of nitrogens with one attached hydrogen (secondary N) is 1. The first-order valence-electron chi connectivity index (χ1n) is 9.22. The Balaban J connectivity index is 1.58. The molecule has 0 unspecified atom stereocenters. The molecular weight excluding hydrogens is 374 g/mol. The lowest BCUT2D eigenvalue weighted by atomic mass is 10.0. The topological polar surface area (TPSA) is 66.1 Å². The van der Waals surface area contributed by atoms with E-state index in [9.17, 15) is 9.59 Å². The van der Waals surface area contributed by atoms with Gasteiger partial charge in [-0.15, -0.1) is 0 Å². The van der Waals surface area contributed by atoms with Crippen LogP contribution in [0.2, 0.25) is 5.02 Å². The van der Waals surface area contributed by atoms with Crippen molar-refractivity contribution in [2.75, 3.05) is 6.54 Å². The quantitative estimate of drug-likeness (QED) is 0.740. The van der Waals surface area contributed by atoms with Gasteiger partial charge in [-0.3, -0.25) is 9.59 Å². The van der Waals surface area contributed by atoms with Gasteiger partial charge >= 0.3 is 0 Å². The molecule has 0 atom stereocenters. The predicted octanol–water partition coefficient (Wildman–Crippen LogP) is 3.52. The average Bonchev–Trinajstić information content (AvgIpc) is 2.69. The van der Waals surface area contributed by atoms with Crippen molar-refractivity contribution in [3.8, 4) is 0 Å². The fourth-order valence-corrected chi connectivity index (χ4v) is 3.74. The molecule has 28 heavy (non-hydrogen) atoms. The number of nitrogens with zero attached hydrogens (tertiary/aromatic N) is 2. The van der Waals surface area contributed by atoms with Crippen LogP contribution in [0.25, 0.3) is 0 Å². The van der Waals surface area contributed by atoms with Crippen LogP contribution in [0.4, 0.5) is 0 Å². The van der Waals surface area contributed by atoms with Gasteiger partial charge in [-0.1, -0.05) is 48.0 Å². The predicted molar refractivity (Wildman–Crippen MR) is 109 cm³/mol. The first kappa shape index (κ1) is 18.4. The number of aryl methyl sites for hydroxylation is 1. The molecular formula is C22H20ClN3O2. The molecule has 2 aromatic carbocycles. The molecule has 0 saturated heterocycles. The highest BCUT2D eigenvalue weighted by Crippen LogP contribution is 2.21. The number of aromatic amines is 1. The summed E-state index contributed by atoms with van der Waals surface area (Å²) in [4.78, 5) is 34.7. The fraction of sp³-hybridized carbons (Fsp3) is 0.227. The maximum atomic E-state index is 12.8. The fourth-order valence-electron chi connectivity index (χ4n) is 3.53. The summed E-state index contributed by atoms with van der Waals surface area (Å²) in [5.41, 5.74) is 3.91. The molecule has 0 saturated carbocycles. The summed E-state index contributed by atoms with van der Waals surface area (Å²) in [7, 11) is 0. The van der Waals surface area contributed by atoms with Crippen molar-refractivity contribution in [2.45, 2.75) is 26.3 Å². The SMILES string of the molecule is Cc1ccccc1Cc1nc2c(c(=O)[nH]1)CN(C(=O)c1ccccc1Cl)CC2. The van der Waals surface area contributed by atoms with Crippen LogP contribution in [0.1, 0.15) is 38.6 Å². The van der Waals surface area contributed by atoms with Crippen molar-refractivity contribution in [1.29, 1.82) is 0 Å². The molecule has 0 spiro atoms. The molecule has 4 rings (SSSR count). The van der Waals surface area contributed by atoms with Crippen molar-refractivity contribution in [3.63, 3.8) is 0 Å². The Kier molecular flexibility index (Phi) is 5.01. The third-order valence-corrected chi connectivity index (χ3v) is 5.46. The molecule has 0 aliphatic carbocycles. The van der Waals surface area contributed by atoms with Gasteiger partial charge < -0.3 is 9.88 Å². The van der Waals surface area contributed by atoms with Gasteiger partial charge in [-0.25, -0.2) is 4.98 Å². The Hall–Kier alpha value is -2.92. The highest BCUT2D eigenvalue weighted by Gasteiger charge is 2.26. The Labute approximate surface area is 168 Å². The lowest BCUT2D eigenvalue weighted by molar-refractivity contribution is 0.0732. The van der Waals surface area contributed by atoms with Gasteiger partial charge in [0.25, 0.3) is 11.5 Å². The van der Waals surface area contributed by atoms with Crippen LogP contribution in [0.5, 0.6) is 0 Å². The molecule has 0 radical (unpaired) electrons. The van der Waals surface area contributed by atoms with Crippen LogP contribution in [-0.4, -0.2) is 27.3 Å². The van der Waals surface area contributed by atoms with E-state index < -0.39 is 0 Å². The van der Waals surface area contributed by atoms with E-state index in [1.807, 2.05) is 31.2 Å². The molecule has 2 heterocycles. The zero-order valence-corrected chi connectivity index (χ0v) is 16.3. The first-order chi connectivity index (χ1) is 13.5. The van der Waals surface area contributed by atoms with E-state index >= 15 is 0 Å². The van der Waals surface area contributed by atoms with E-state index in [4.69, 9.17) is 11.6 Å². The number of carbonyl (C=O) groups excluding carboxylic acids is 1. The number of aromatic nitrogens is 2. The third-order valence-electron chi connectivity index (χ3n) is 5.13. The molecule has 1 amide bonds. The second kappa shape index (κ2) is 7.60. The summed E-state index contributed by atoms with van der Waals surface area (Å²) in [6.45, 7) is 2.80. The number of carbonyl (C=O) groups is 1. The van der Waals surface area contributed by atoms with Crippen LogP contribution < -0.4 is 5.56 Å². The Bertz CT molecular complexity index is 1110. The molecule has 1 N–H and O–H groups in total. The Morgan fingerprint density at radius 3 is 2.71 bits per heavy atom. The summed E-state index contributed by atoms with van der Waals surface area (Å²) >= 11 is 6.15. The molecule has 5 nitrogen and oxygen atoms in total. The van der Waals surface area contributed by atoms with Crippen LogP contribution in [0, 0.1) is 6.92 Å². The normalized spacial score (nSPS) is 13.3. The summed E-state index contributed by atoms with van der Waals surface area (Å²) < 4.78 is 0. The minimum atomic E-state index is -0.176. The number of rotatable bonds is 3. The molecule has 0 bridgehead atoms. The molecule has 1 aromatic heterocycles. The van der Waals surface area contributed by atoms with Crippen LogP contribution >= 0.6 is 11.6 Å². The monoisotopic (exact) mass is 393 g/mol. The van der Waals surface area contributed by atoms with E-state index in [0.717, 1.165) is 11.3 Å². The van der Waals surface area contributed by atoms with Crippen molar-refractivity contribution in [3.05, 3.63) is 97.7 Å². The first-order valence-corrected chi connectivity index (χ1v) is 9.60. The van der Waals surface area contributed by atoms with Crippen molar-refractivity contribution in [2.24, 2.45) is 0 Å². The number of hydrogen-bond acceptors (Lipinski definition) is 3. The largest absolute Gasteiger partial charge is 0.334 e. The minimum Gasteiger partial charge on any atom is -0.334 e. The summed E-state index contributed by atoms with van der Waals surface area (Å²) in [5, 5.41) is 0.416. The smallest absolute Gasteiger partial charge is 0.256 e. The second-order valence-corrected chi connectivity index (χ2v) is 7.40. The number of amides is 1. The third kappa shape index (κ3) is 3.58. The highest BCUT2D eigenvalue weighted by atomic mass is 35.5. The van der Waals surface area contributed by atoms with Gasteiger partial charge in [0, 0.05) is 19.4 Å². The van der Waals surface area contributed by atoms with E-state index in [-0.39, 0.29) is 18.0 Å². The van der Waals surface area contributed by atoms with E-state index in [1.54, 1.807) is 29.2 Å². The van der Waals surface area contributed by atoms with Crippen LogP contribution in [-0.2, 0) is 19.4 Å². The zero-order chi connectivity index (χ0) is 19.7. The second-order valence-electron chi connectivity index (χ2n) is 7.00. The van der Waals surface area contributed by atoms with Crippen molar-refractivity contribution in [1.82, 2.24) is 14.9 Å². The van der Waals surface area contributed by atoms with Gasteiger partial charge in [0.1, 0.15) is 5.82 Å². The van der Waals surface area contributed by atoms with Gasteiger partial charge in [0.05, 0.1) is 28.4 Å². The average molecular weight is 394 g/mol. The summed E-state index contributed by atoms with van der Waals surface area (Å²) in [5.74, 6) is 0.489. The van der Waals surface area contributed by atoms with Crippen molar-refractivity contribution < 1.29 is 4.79 Å². The summed E-state index contributed by atoms with van der Waals surface area (Å²) in [6.07, 6.45) is 1.13. The molecule has 1 aliphatic rings. The van der Waals surface area contributed by atoms with Crippen LogP contribution in [0.3, 0.4) is 0 Å². The van der Waals surface area contributed by atoms with Gasteiger partial charge in [-0.2, -0.15) is 0 Å². The highest BCUT2D eigenvalue weighted by molar-refractivity contribution is 6.33. The number of halogens is 1. The van der Waals surface area contributed by atoms with Gasteiger partial charge in [-0.05, 0) is 30.2 Å². The molecule has 0 fully saturated rings.